The molecule has 0 saturated carbocycles. The Labute approximate surface area is 167 Å². The zero-order valence-electron chi connectivity index (χ0n) is 16.0. The maximum absolute atomic E-state index is 12.7. The van der Waals surface area contributed by atoms with Gasteiger partial charge in [-0.3, -0.25) is 9.59 Å². The van der Waals surface area contributed by atoms with E-state index in [9.17, 15) is 14.4 Å². The van der Waals surface area contributed by atoms with Gasteiger partial charge in [-0.2, -0.15) is 0 Å². The third-order valence-corrected chi connectivity index (χ3v) is 5.29. The number of hydrogen-bond acceptors (Lipinski definition) is 6. The fraction of sp³-hybridized carbons (Fsp3) is 0.450. The number of halogens is 1. The summed E-state index contributed by atoms with van der Waals surface area (Å²) in [6.45, 7) is 4.36. The lowest BCUT2D eigenvalue weighted by atomic mass is 9.97. The highest BCUT2D eigenvalue weighted by Crippen LogP contribution is 2.32. The Balaban J connectivity index is 1.71. The highest BCUT2D eigenvalue weighted by Gasteiger charge is 2.30. The molecule has 3 rings (SSSR count). The average molecular weight is 408 g/mol. The highest BCUT2D eigenvalue weighted by molar-refractivity contribution is 6.32. The molecule has 1 amide bonds. The first-order valence-electron chi connectivity index (χ1n) is 9.07. The van der Waals surface area contributed by atoms with Crippen molar-refractivity contribution in [1.82, 2.24) is 4.90 Å². The lowest BCUT2D eigenvalue weighted by Crippen LogP contribution is -2.45. The van der Waals surface area contributed by atoms with Crippen LogP contribution in [-0.2, 0) is 14.3 Å². The van der Waals surface area contributed by atoms with Gasteiger partial charge in [-0.25, -0.2) is 4.79 Å². The van der Waals surface area contributed by atoms with Crippen LogP contribution >= 0.6 is 11.6 Å². The van der Waals surface area contributed by atoms with Crippen LogP contribution in [0, 0.1) is 12.8 Å². The second-order valence-corrected chi connectivity index (χ2v) is 7.32. The molecule has 28 heavy (non-hydrogen) atoms. The third kappa shape index (κ3) is 4.14. The first-order valence-corrected chi connectivity index (χ1v) is 9.45. The van der Waals surface area contributed by atoms with Crippen LogP contribution < -0.4 is 10.4 Å². The number of rotatable bonds is 4. The van der Waals surface area contributed by atoms with Crippen LogP contribution in [0.3, 0.4) is 0 Å². The Morgan fingerprint density at radius 3 is 2.57 bits per heavy atom. The van der Waals surface area contributed by atoms with Gasteiger partial charge in [0.2, 0.25) is 0 Å². The van der Waals surface area contributed by atoms with Gasteiger partial charge in [-0.15, -0.1) is 0 Å². The fourth-order valence-corrected chi connectivity index (χ4v) is 3.62. The van der Waals surface area contributed by atoms with Crippen LogP contribution in [0.5, 0.6) is 5.75 Å². The maximum Gasteiger partial charge on any atom is 0.336 e. The molecule has 0 aliphatic carbocycles. The molecule has 8 heteroatoms. The molecular formula is C20H22ClNO6. The number of likely N-dealkylation sites (tertiary alicyclic amines) is 1. The van der Waals surface area contributed by atoms with Crippen LogP contribution in [0.15, 0.2) is 27.4 Å². The predicted octanol–water partition coefficient (Wildman–Crippen LogP) is 2.93. The zero-order chi connectivity index (χ0) is 20.4. The number of aryl methyl sites for hydroxylation is 1. The van der Waals surface area contributed by atoms with E-state index in [1.807, 2.05) is 0 Å². The van der Waals surface area contributed by atoms with E-state index in [0.717, 1.165) is 5.56 Å². The lowest BCUT2D eigenvalue weighted by molar-refractivity contribution is -0.150. The number of piperidine rings is 1. The summed E-state index contributed by atoms with van der Waals surface area (Å²) >= 11 is 6.30. The molecule has 1 atom stereocenters. The minimum atomic E-state index is -0.777. The smallest absolute Gasteiger partial charge is 0.336 e. The summed E-state index contributed by atoms with van der Waals surface area (Å²) in [7, 11) is 1.37. The number of methoxy groups -OCH3 is 1. The third-order valence-electron chi connectivity index (χ3n) is 5.00. The number of fused-ring (bicyclic) bond motifs is 1. The van der Waals surface area contributed by atoms with Crippen LogP contribution in [0.4, 0.5) is 0 Å². The molecule has 150 valence electrons. The summed E-state index contributed by atoms with van der Waals surface area (Å²) in [5, 5.41) is 1.04. The van der Waals surface area contributed by atoms with Crippen LogP contribution in [0.1, 0.15) is 25.3 Å². The minimum absolute atomic E-state index is 0.175. The molecule has 1 fully saturated rings. The molecule has 0 N–H and O–H groups in total. The van der Waals surface area contributed by atoms with Crippen LogP contribution in [0.25, 0.3) is 11.0 Å². The number of carbonyl (C=O) groups is 2. The van der Waals surface area contributed by atoms with Gasteiger partial charge in [0, 0.05) is 30.6 Å². The summed E-state index contributed by atoms with van der Waals surface area (Å²) in [4.78, 5) is 37.6. The quantitative estimate of drug-likeness (QED) is 0.572. The van der Waals surface area contributed by atoms with Gasteiger partial charge in [-0.05, 0) is 38.3 Å². The van der Waals surface area contributed by atoms with Crippen molar-refractivity contribution in [2.75, 3.05) is 20.2 Å². The van der Waals surface area contributed by atoms with Gasteiger partial charge in [0.1, 0.15) is 11.3 Å². The van der Waals surface area contributed by atoms with Gasteiger partial charge >= 0.3 is 11.6 Å². The second-order valence-electron chi connectivity index (χ2n) is 6.91. The monoisotopic (exact) mass is 407 g/mol. The average Bonchev–Trinajstić information content (AvgIpc) is 2.68. The van der Waals surface area contributed by atoms with Gasteiger partial charge in [0.25, 0.3) is 5.91 Å². The molecule has 2 heterocycles. The molecule has 1 aromatic carbocycles. The Hall–Kier alpha value is -2.54. The van der Waals surface area contributed by atoms with E-state index in [1.54, 1.807) is 24.8 Å². The summed E-state index contributed by atoms with van der Waals surface area (Å²) < 4.78 is 15.7. The molecule has 0 spiro atoms. The van der Waals surface area contributed by atoms with E-state index in [0.29, 0.717) is 41.9 Å². The van der Waals surface area contributed by atoms with Crippen molar-refractivity contribution in [3.05, 3.63) is 39.2 Å². The molecule has 1 saturated heterocycles. The minimum Gasteiger partial charge on any atom is -0.479 e. The molecule has 1 unspecified atom stereocenters. The zero-order valence-corrected chi connectivity index (χ0v) is 16.7. The summed E-state index contributed by atoms with van der Waals surface area (Å²) in [6, 6.07) is 4.58. The van der Waals surface area contributed by atoms with E-state index in [1.165, 1.54) is 19.2 Å². The molecular weight excluding hydrogens is 386 g/mol. The summed E-state index contributed by atoms with van der Waals surface area (Å²) in [6.07, 6.45) is 0.347. The molecule has 2 aromatic rings. The molecule has 1 aromatic heterocycles. The maximum atomic E-state index is 12.7. The molecule has 7 nitrogen and oxygen atoms in total. The second kappa shape index (κ2) is 8.22. The normalized spacial score (nSPS) is 16.1. The topological polar surface area (TPSA) is 86.1 Å². The number of hydrogen-bond donors (Lipinski definition) is 0. The molecule has 1 aliphatic heterocycles. The van der Waals surface area contributed by atoms with Crippen molar-refractivity contribution < 1.29 is 23.5 Å². The Morgan fingerprint density at radius 1 is 1.25 bits per heavy atom. The van der Waals surface area contributed by atoms with Gasteiger partial charge in [-0.1, -0.05) is 11.6 Å². The van der Waals surface area contributed by atoms with E-state index < -0.39 is 11.7 Å². The number of nitrogens with zero attached hydrogens (tertiary/aromatic N) is 1. The Bertz CT molecular complexity index is 961. The summed E-state index contributed by atoms with van der Waals surface area (Å²) in [5.74, 6) is -0.333. The van der Waals surface area contributed by atoms with Crippen LogP contribution in [-0.4, -0.2) is 43.1 Å². The first-order chi connectivity index (χ1) is 13.3. The van der Waals surface area contributed by atoms with Crippen molar-refractivity contribution in [3.8, 4) is 5.75 Å². The Kier molecular flexibility index (Phi) is 5.93. The standard InChI is InChI=1S/C20H22ClNO6/c1-11-8-18(23)28-16-10-17(15(21)9-14(11)16)27-12(2)19(24)22-6-4-13(5-7-22)20(25)26-3/h8-10,12-13H,4-7H2,1-3H3. The van der Waals surface area contributed by atoms with Crippen molar-refractivity contribution in [3.63, 3.8) is 0 Å². The van der Waals surface area contributed by atoms with Crippen molar-refractivity contribution in [2.45, 2.75) is 32.8 Å². The first kappa shape index (κ1) is 20.2. The van der Waals surface area contributed by atoms with Crippen molar-refractivity contribution >= 4 is 34.4 Å². The van der Waals surface area contributed by atoms with E-state index in [2.05, 4.69) is 0 Å². The van der Waals surface area contributed by atoms with E-state index >= 15 is 0 Å². The Morgan fingerprint density at radius 2 is 1.93 bits per heavy atom. The number of esters is 1. The number of amides is 1. The number of carbonyl (C=O) groups excluding carboxylic acids is 2. The SMILES string of the molecule is COC(=O)C1CCN(C(=O)C(C)Oc2cc3oc(=O)cc(C)c3cc2Cl)CC1. The fourth-order valence-electron chi connectivity index (χ4n) is 3.41. The largest absolute Gasteiger partial charge is 0.479 e. The van der Waals surface area contributed by atoms with E-state index in [-0.39, 0.29) is 23.5 Å². The van der Waals surface area contributed by atoms with Gasteiger partial charge in [0.05, 0.1) is 18.1 Å². The number of ether oxygens (including phenoxy) is 2. The van der Waals surface area contributed by atoms with Crippen LogP contribution in [0.2, 0.25) is 5.02 Å². The molecule has 1 aliphatic rings. The highest BCUT2D eigenvalue weighted by atomic mass is 35.5. The van der Waals surface area contributed by atoms with Gasteiger partial charge in [0.15, 0.2) is 6.10 Å². The van der Waals surface area contributed by atoms with Crippen molar-refractivity contribution in [2.24, 2.45) is 5.92 Å². The van der Waals surface area contributed by atoms with Gasteiger partial charge < -0.3 is 18.8 Å². The van der Waals surface area contributed by atoms with Crippen molar-refractivity contribution in [1.29, 1.82) is 0 Å². The molecule has 0 bridgehead atoms. The number of benzene rings is 1. The lowest BCUT2D eigenvalue weighted by Gasteiger charge is -2.32. The van der Waals surface area contributed by atoms with E-state index in [4.69, 9.17) is 25.5 Å². The molecule has 0 radical (unpaired) electrons. The predicted molar refractivity (Wildman–Crippen MR) is 104 cm³/mol. The summed E-state index contributed by atoms with van der Waals surface area (Å²) in [5.41, 5.74) is 0.635.